The molecule has 0 atom stereocenters. The first-order chi connectivity index (χ1) is 18.5. The molecule has 0 unspecified atom stereocenters. The van der Waals surface area contributed by atoms with Gasteiger partial charge in [0.05, 0.1) is 22.9 Å². The Morgan fingerprint density at radius 3 is 1.69 bits per heavy atom. The summed E-state index contributed by atoms with van der Waals surface area (Å²) in [6, 6.07) is 26.0. The number of sulfonamides is 2. The topological polar surface area (TPSA) is 98.3 Å². The van der Waals surface area contributed by atoms with E-state index in [2.05, 4.69) is 29.2 Å². The second-order valence-corrected chi connectivity index (χ2v) is 13.8. The molecule has 0 saturated carbocycles. The maximum Gasteiger partial charge on any atom is 0.243 e. The first-order valence-corrected chi connectivity index (χ1v) is 15.9. The highest BCUT2D eigenvalue weighted by molar-refractivity contribution is 7.92. The molecule has 0 N–H and O–H groups in total. The van der Waals surface area contributed by atoms with Crippen LogP contribution in [0, 0.1) is 0 Å². The van der Waals surface area contributed by atoms with Gasteiger partial charge in [-0.1, -0.05) is 60.7 Å². The van der Waals surface area contributed by atoms with Crippen LogP contribution in [0.2, 0.25) is 0 Å². The summed E-state index contributed by atoms with van der Waals surface area (Å²) in [4.78, 5) is 17.3. The summed E-state index contributed by atoms with van der Waals surface area (Å²) in [7, 11) is -4.61. The maximum absolute atomic E-state index is 13.3. The molecule has 0 spiro atoms. The van der Waals surface area contributed by atoms with Crippen molar-refractivity contribution in [2.75, 3.05) is 57.4 Å². The molecule has 3 aromatic rings. The van der Waals surface area contributed by atoms with Gasteiger partial charge in [-0.2, -0.15) is 0 Å². The third kappa shape index (κ3) is 6.67. The zero-order valence-corrected chi connectivity index (χ0v) is 24.0. The van der Waals surface area contributed by atoms with Crippen molar-refractivity contribution in [3.8, 4) is 0 Å². The third-order valence-corrected chi connectivity index (χ3v) is 9.82. The van der Waals surface area contributed by atoms with Crippen molar-refractivity contribution < 1.29 is 21.6 Å². The summed E-state index contributed by atoms with van der Waals surface area (Å²) in [6.45, 7) is 1.84. The van der Waals surface area contributed by atoms with Gasteiger partial charge in [-0.15, -0.1) is 0 Å². The number of carbonyl (C=O) groups is 1. The van der Waals surface area contributed by atoms with Gasteiger partial charge in [0.1, 0.15) is 6.54 Å². The fraction of sp³-hybridized carbons (Fsp3) is 0.321. The smallest absolute Gasteiger partial charge is 0.243 e. The molecule has 1 aliphatic heterocycles. The highest BCUT2D eigenvalue weighted by Gasteiger charge is 2.30. The first-order valence-electron chi connectivity index (χ1n) is 12.6. The summed E-state index contributed by atoms with van der Waals surface area (Å²) >= 11 is 0. The standard InChI is InChI=1S/C28H34N4O5S2/c1-29(2)39(36,37)26-16-14-25(15-17-26)32(38(3,34)35)22-27(33)30-18-20-31(21-19-30)28(23-10-6-4-7-11-23)24-12-8-5-9-13-24/h4-17,28H,18-22H2,1-3H3. The van der Waals surface area contributed by atoms with Crippen LogP contribution in [0.5, 0.6) is 0 Å². The van der Waals surface area contributed by atoms with Crippen LogP contribution in [0.25, 0.3) is 0 Å². The lowest BCUT2D eigenvalue weighted by atomic mass is 9.96. The van der Waals surface area contributed by atoms with Gasteiger partial charge in [0.2, 0.25) is 26.0 Å². The molecule has 0 aliphatic carbocycles. The van der Waals surface area contributed by atoms with E-state index in [1.165, 1.54) is 49.5 Å². The molecule has 1 saturated heterocycles. The highest BCUT2D eigenvalue weighted by atomic mass is 32.2. The van der Waals surface area contributed by atoms with Crippen LogP contribution in [-0.4, -0.2) is 89.9 Å². The van der Waals surface area contributed by atoms with E-state index < -0.39 is 20.0 Å². The zero-order chi connectivity index (χ0) is 28.2. The van der Waals surface area contributed by atoms with Crippen molar-refractivity contribution in [2.24, 2.45) is 0 Å². The van der Waals surface area contributed by atoms with Gasteiger partial charge in [-0.25, -0.2) is 21.1 Å². The summed E-state index contributed by atoms with van der Waals surface area (Å²) < 4.78 is 52.1. The minimum absolute atomic E-state index is 0.0403. The van der Waals surface area contributed by atoms with Gasteiger partial charge < -0.3 is 4.90 Å². The zero-order valence-electron chi connectivity index (χ0n) is 22.3. The second-order valence-electron chi connectivity index (χ2n) is 9.69. The van der Waals surface area contributed by atoms with Gasteiger partial charge in [0, 0.05) is 40.3 Å². The number of hydrogen-bond acceptors (Lipinski definition) is 6. The van der Waals surface area contributed by atoms with Crippen molar-refractivity contribution in [3.63, 3.8) is 0 Å². The van der Waals surface area contributed by atoms with E-state index in [1.54, 1.807) is 4.90 Å². The average Bonchev–Trinajstić information content (AvgIpc) is 2.93. The van der Waals surface area contributed by atoms with Crippen LogP contribution in [-0.2, 0) is 24.8 Å². The molecule has 1 aliphatic rings. The van der Waals surface area contributed by atoms with Crippen LogP contribution < -0.4 is 4.31 Å². The van der Waals surface area contributed by atoms with Crippen LogP contribution in [0.4, 0.5) is 5.69 Å². The van der Waals surface area contributed by atoms with E-state index in [4.69, 9.17) is 0 Å². The number of amides is 1. The molecule has 3 aromatic carbocycles. The first kappa shape index (κ1) is 28.8. The molecule has 9 nitrogen and oxygen atoms in total. The number of hydrogen-bond donors (Lipinski definition) is 0. The van der Waals surface area contributed by atoms with Crippen molar-refractivity contribution in [3.05, 3.63) is 96.1 Å². The summed E-state index contributed by atoms with van der Waals surface area (Å²) in [5, 5.41) is 0. The average molecular weight is 571 g/mol. The predicted octanol–water partition coefficient (Wildman–Crippen LogP) is 2.64. The van der Waals surface area contributed by atoms with Crippen LogP contribution in [0.15, 0.2) is 89.8 Å². The molecular formula is C28H34N4O5S2. The highest BCUT2D eigenvalue weighted by Crippen LogP contribution is 2.29. The van der Waals surface area contributed by atoms with Gasteiger partial charge in [0.25, 0.3) is 0 Å². The molecule has 11 heteroatoms. The van der Waals surface area contributed by atoms with E-state index in [9.17, 15) is 21.6 Å². The Hall–Kier alpha value is -3.25. The number of rotatable bonds is 9. The molecule has 1 heterocycles. The van der Waals surface area contributed by atoms with Gasteiger partial charge in [-0.3, -0.25) is 14.0 Å². The van der Waals surface area contributed by atoms with E-state index in [-0.39, 0.29) is 29.1 Å². The van der Waals surface area contributed by atoms with E-state index in [0.29, 0.717) is 26.2 Å². The molecule has 1 amide bonds. The Bertz CT molecular complexity index is 1430. The summed E-state index contributed by atoms with van der Waals surface area (Å²) in [5.41, 5.74) is 2.58. The Balaban J connectivity index is 1.47. The minimum atomic E-state index is -3.80. The fourth-order valence-electron chi connectivity index (χ4n) is 4.73. The van der Waals surface area contributed by atoms with Crippen LogP contribution in [0.1, 0.15) is 17.2 Å². The predicted molar refractivity (Wildman–Crippen MR) is 152 cm³/mol. The second kappa shape index (κ2) is 11.9. The van der Waals surface area contributed by atoms with Gasteiger partial charge in [-0.05, 0) is 35.4 Å². The van der Waals surface area contributed by atoms with Gasteiger partial charge in [0.15, 0.2) is 0 Å². The molecule has 0 radical (unpaired) electrons. The fourth-order valence-corrected chi connectivity index (χ4v) is 6.48. The number of carbonyl (C=O) groups excluding carboxylic acids is 1. The van der Waals surface area contributed by atoms with Crippen LogP contribution >= 0.6 is 0 Å². The Morgan fingerprint density at radius 2 is 1.26 bits per heavy atom. The lowest BCUT2D eigenvalue weighted by molar-refractivity contribution is -0.131. The third-order valence-electron chi connectivity index (χ3n) is 6.85. The maximum atomic E-state index is 13.3. The molecular weight excluding hydrogens is 536 g/mol. The Morgan fingerprint density at radius 1 is 0.769 bits per heavy atom. The number of nitrogens with zero attached hydrogens (tertiary/aromatic N) is 4. The number of anilines is 1. The molecule has 208 valence electrons. The van der Waals surface area contributed by atoms with Crippen molar-refractivity contribution in [1.29, 1.82) is 0 Å². The van der Waals surface area contributed by atoms with Crippen molar-refractivity contribution in [1.82, 2.24) is 14.1 Å². The quantitative estimate of drug-likeness (QED) is 0.392. The summed E-state index contributed by atoms with van der Waals surface area (Å²) in [5.74, 6) is -0.305. The molecule has 1 fully saturated rings. The molecule has 39 heavy (non-hydrogen) atoms. The van der Waals surface area contributed by atoms with E-state index >= 15 is 0 Å². The number of piperazine rings is 1. The summed E-state index contributed by atoms with van der Waals surface area (Å²) in [6.07, 6.45) is 1.03. The van der Waals surface area contributed by atoms with Crippen molar-refractivity contribution in [2.45, 2.75) is 10.9 Å². The minimum Gasteiger partial charge on any atom is -0.339 e. The Kier molecular flexibility index (Phi) is 8.75. The van der Waals surface area contributed by atoms with E-state index in [1.807, 2.05) is 36.4 Å². The molecule has 0 bridgehead atoms. The molecule has 4 rings (SSSR count). The van der Waals surface area contributed by atoms with Gasteiger partial charge >= 0.3 is 0 Å². The normalized spacial score (nSPS) is 15.1. The molecule has 0 aromatic heterocycles. The lowest BCUT2D eigenvalue weighted by Crippen LogP contribution is -2.52. The lowest BCUT2D eigenvalue weighted by Gasteiger charge is -2.40. The largest absolute Gasteiger partial charge is 0.339 e. The van der Waals surface area contributed by atoms with Crippen LogP contribution in [0.3, 0.4) is 0 Å². The number of benzene rings is 3. The monoisotopic (exact) mass is 570 g/mol. The SMILES string of the molecule is CN(C)S(=O)(=O)c1ccc(N(CC(=O)N2CCN(C(c3ccccc3)c3ccccc3)CC2)S(C)(=O)=O)cc1. The Labute approximate surface area is 231 Å². The van der Waals surface area contributed by atoms with Crippen molar-refractivity contribution >= 4 is 31.6 Å². The van der Waals surface area contributed by atoms with E-state index in [0.717, 1.165) is 14.9 Å².